The molecule has 0 unspecified atom stereocenters. The minimum atomic E-state index is -1.27. The van der Waals surface area contributed by atoms with Gasteiger partial charge >= 0.3 is 6.09 Å². The van der Waals surface area contributed by atoms with E-state index in [-0.39, 0.29) is 11.6 Å². The maximum Gasteiger partial charge on any atom is 0.410 e. The lowest BCUT2D eigenvalue weighted by Crippen LogP contribution is -2.59. The zero-order valence-electron chi connectivity index (χ0n) is 22.4. The van der Waals surface area contributed by atoms with Crippen LogP contribution in [0.5, 0.6) is 5.75 Å². The van der Waals surface area contributed by atoms with E-state index in [0.717, 1.165) is 6.42 Å². The number of hydrogen-bond donors (Lipinski definition) is 0. The summed E-state index contributed by atoms with van der Waals surface area (Å²) in [5.74, 6) is 1.15. The summed E-state index contributed by atoms with van der Waals surface area (Å²) in [7, 11) is 4.85. The fourth-order valence-corrected chi connectivity index (χ4v) is 5.42. The third-order valence-corrected chi connectivity index (χ3v) is 7.31. The van der Waals surface area contributed by atoms with Crippen molar-refractivity contribution in [1.29, 1.82) is 0 Å². The number of benzene rings is 1. The molecule has 202 valence electrons. The number of rotatable bonds is 4. The van der Waals surface area contributed by atoms with Crippen molar-refractivity contribution in [2.24, 2.45) is 7.05 Å². The average Bonchev–Trinajstić information content (AvgIpc) is 3.23. The summed E-state index contributed by atoms with van der Waals surface area (Å²) >= 11 is 0. The van der Waals surface area contributed by atoms with Gasteiger partial charge in [-0.3, -0.25) is 9.69 Å². The highest BCUT2D eigenvalue weighted by atomic mass is 19.1. The molecule has 2 bridgehead atoms. The van der Waals surface area contributed by atoms with Gasteiger partial charge in [-0.05, 0) is 52.2 Å². The molecule has 2 fully saturated rings. The van der Waals surface area contributed by atoms with Crippen LogP contribution in [0.1, 0.15) is 40.0 Å². The molecule has 0 spiro atoms. The van der Waals surface area contributed by atoms with Gasteiger partial charge in [0.15, 0.2) is 11.6 Å². The lowest BCUT2D eigenvalue weighted by atomic mass is 9.94. The number of fused-ring (bicyclic) bond motifs is 3. The SMILES string of the molecule is COc1cc2c(=O)n(C)ncc2cc1-c1ncc(N(C)[C@H]2C[C@@H]3CC[C@H]([C@H]2F)N3C(=O)OC(C)(C)C)nn1. The van der Waals surface area contributed by atoms with Crippen molar-refractivity contribution < 1.29 is 18.7 Å². The van der Waals surface area contributed by atoms with E-state index in [1.54, 1.807) is 69.2 Å². The number of halogens is 1. The molecule has 0 saturated carbocycles. The molecule has 2 aliphatic rings. The van der Waals surface area contributed by atoms with E-state index in [2.05, 4.69) is 20.3 Å². The van der Waals surface area contributed by atoms with Gasteiger partial charge in [-0.2, -0.15) is 5.10 Å². The first-order valence-corrected chi connectivity index (χ1v) is 12.6. The average molecular weight is 526 g/mol. The highest BCUT2D eigenvalue weighted by Gasteiger charge is 2.52. The Balaban J connectivity index is 1.37. The third-order valence-electron chi connectivity index (χ3n) is 7.31. The quantitative estimate of drug-likeness (QED) is 0.507. The lowest BCUT2D eigenvalue weighted by molar-refractivity contribution is -0.0104. The number of aromatic nitrogens is 5. The van der Waals surface area contributed by atoms with Crippen molar-refractivity contribution in [3.8, 4) is 17.1 Å². The predicted octanol–water partition coefficient (Wildman–Crippen LogP) is 3.11. The number of aryl methyl sites for hydroxylation is 1. The Morgan fingerprint density at radius 1 is 1.18 bits per heavy atom. The van der Waals surface area contributed by atoms with Crippen molar-refractivity contribution in [2.45, 2.75) is 69.9 Å². The Hall–Kier alpha value is -3.83. The maximum atomic E-state index is 15.8. The molecule has 4 atom stereocenters. The summed E-state index contributed by atoms with van der Waals surface area (Å²) in [6, 6.07) is 2.26. The standard InChI is InChI=1S/C26H32FN7O4/c1-26(2,3)38-25(36)34-15-7-8-18(34)22(27)19(10-15)32(4)21-13-28-23(31-30-21)17-9-14-12-29-33(5)24(35)16(14)11-20(17)37-6/h9,11-13,15,18-19,22H,7-8,10H2,1-6H3/t15-,18+,19-,22+/m0/s1. The first-order valence-electron chi connectivity index (χ1n) is 12.6. The monoisotopic (exact) mass is 525 g/mol. The zero-order chi connectivity index (χ0) is 27.4. The number of hydrogen-bond acceptors (Lipinski definition) is 9. The van der Waals surface area contributed by atoms with Crippen LogP contribution in [-0.2, 0) is 11.8 Å². The number of carbonyl (C=O) groups excluding carboxylic acids is 1. The summed E-state index contributed by atoms with van der Waals surface area (Å²) in [6.45, 7) is 5.42. The van der Waals surface area contributed by atoms with Gasteiger partial charge in [-0.1, -0.05) is 0 Å². The van der Waals surface area contributed by atoms with Crippen LogP contribution < -0.4 is 15.2 Å². The molecule has 1 aromatic carbocycles. The van der Waals surface area contributed by atoms with E-state index in [4.69, 9.17) is 9.47 Å². The molecule has 0 N–H and O–H groups in total. The number of nitrogens with zero attached hydrogens (tertiary/aromatic N) is 7. The van der Waals surface area contributed by atoms with E-state index < -0.39 is 29.9 Å². The molecule has 0 aliphatic carbocycles. The Kier molecular flexibility index (Phi) is 6.44. The Morgan fingerprint density at radius 2 is 1.95 bits per heavy atom. The highest BCUT2D eigenvalue weighted by molar-refractivity contribution is 5.88. The fraction of sp³-hybridized carbons (Fsp3) is 0.538. The van der Waals surface area contributed by atoms with E-state index >= 15 is 4.39 Å². The van der Waals surface area contributed by atoms with E-state index in [1.165, 1.54) is 11.8 Å². The number of anilines is 1. The Morgan fingerprint density at radius 3 is 2.61 bits per heavy atom. The highest BCUT2D eigenvalue weighted by Crippen LogP contribution is 2.41. The van der Waals surface area contributed by atoms with Crippen molar-refractivity contribution in [2.75, 3.05) is 19.1 Å². The molecule has 1 amide bonds. The van der Waals surface area contributed by atoms with Gasteiger partial charge in [0.1, 0.15) is 17.5 Å². The summed E-state index contributed by atoms with van der Waals surface area (Å²) < 4.78 is 28.1. The largest absolute Gasteiger partial charge is 0.496 e. The van der Waals surface area contributed by atoms with Gasteiger partial charge in [-0.15, -0.1) is 10.2 Å². The third kappa shape index (κ3) is 4.52. The molecular formula is C26H32FN7O4. The van der Waals surface area contributed by atoms with Crippen LogP contribution in [0.3, 0.4) is 0 Å². The maximum absolute atomic E-state index is 15.8. The Bertz CT molecular complexity index is 1420. The van der Waals surface area contributed by atoms with Gasteiger partial charge < -0.3 is 14.4 Å². The van der Waals surface area contributed by atoms with Gasteiger partial charge in [-0.25, -0.2) is 18.9 Å². The summed E-state index contributed by atoms with van der Waals surface area (Å²) in [4.78, 5) is 33.0. The van der Waals surface area contributed by atoms with Crippen molar-refractivity contribution in [3.63, 3.8) is 0 Å². The smallest absolute Gasteiger partial charge is 0.410 e. The topological polar surface area (TPSA) is 116 Å². The van der Waals surface area contributed by atoms with Crippen LogP contribution in [0, 0.1) is 0 Å². The van der Waals surface area contributed by atoms with Gasteiger partial charge in [0.2, 0.25) is 0 Å². The molecule has 2 aromatic heterocycles. The summed E-state index contributed by atoms with van der Waals surface area (Å²) in [6.07, 6.45) is 3.19. The van der Waals surface area contributed by atoms with Crippen molar-refractivity contribution in [3.05, 3.63) is 34.9 Å². The number of amides is 1. The molecule has 4 heterocycles. The predicted molar refractivity (Wildman–Crippen MR) is 139 cm³/mol. The molecule has 5 rings (SSSR count). The van der Waals surface area contributed by atoms with Crippen LogP contribution in [0.25, 0.3) is 22.2 Å². The molecule has 11 nitrogen and oxygen atoms in total. The van der Waals surface area contributed by atoms with Gasteiger partial charge in [0.25, 0.3) is 5.56 Å². The van der Waals surface area contributed by atoms with Crippen molar-refractivity contribution >= 4 is 22.7 Å². The lowest BCUT2D eigenvalue weighted by Gasteiger charge is -2.44. The van der Waals surface area contributed by atoms with Gasteiger partial charge in [0.05, 0.1) is 42.5 Å². The van der Waals surface area contributed by atoms with Crippen molar-refractivity contribution in [1.82, 2.24) is 29.9 Å². The zero-order valence-corrected chi connectivity index (χ0v) is 22.4. The minimum absolute atomic E-state index is 0.0994. The molecule has 0 radical (unpaired) electrons. The molecule has 2 aliphatic heterocycles. The minimum Gasteiger partial charge on any atom is -0.496 e. The van der Waals surface area contributed by atoms with Crippen LogP contribution in [-0.4, -0.2) is 80.0 Å². The molecule has 12 heteroatoms. The first kappa shape index (κ1) is 25.8. The summed E-state index contributed by atoms with van der Waals surface area (Å²) in [5, 5.41) is 13.8. The number of alkyl halides is 1. The second-order valence-corrected chi connectivity index (χ2v) is 10.9. The number of piperidine rings is 1. The molecule has 38 heavy (non-hydrogen) atoms. The second kappa shape index (κ2) is 9.48. The second-order valence-electron chi connectivity index (χ2n) is 10.9. The normalized spacial score (nSPS) is 23.0. The summed E-state index contributed by atoms with van der Waals surface area (Å²) in [5.41, 5.74) is -0.321. The first-order chi connectivity index (χ1) is 18.0. The molecule has 3 aromatic rings. The van der Waals surface area contributed by atoms with Crippen LogP contribution in [0.4, 0.5) is 15.0 Å². The number of methoxy groups -OCH3 is 1. The molecular weight excluding hydrogens is 493 g/mol. The molecule has 2 saturated heterocycles. The van der Waals surface area contributed by atoms with E-state index in [1.807, 2.05) is 0 Å². The van der Waals surface area contributed by atoms with Crippen LogP contribution >= 0.6 is 0 Å². The number of carbonyl (C=O) groups is 1. The van der Waals surface area contributed by atoms with E-state index in [9.17, 15) is 9.59 Å². The van der Waals surface area contributed by atoms with E-state index in [0.29, 0.717) is 46.6 Å². The van der Waals surface area contributed by atoms with Crippen LogP contribution in [0.2, 0.25) is 0 Å². The fourth-order valence-electron chi connectivity index (χ4n) is 5.42. The van der Waals surface area contributed by atoms with Gasteiger partial charge in [0, 0.05) is 25.5 Å². The Labute approximate surface area is 219 Å². The number of ether oxygens (including phenoxy) is 2. The van der Waals surface area contributed by atoms with Crippen LogP contribution in [0.15, 0.2) is 29.3 Å².